The maximum atomic E-state index is 12.2. The summed E-state index contributed by atoms with van der Waals surface area (Å²) in [6, 6.07) is 7.72. The van der Waals surface area contributed by atoms with Gasteiger partial charge in [-0.3, -0.25) is 4.79 Å². The highest BCUT2D eigenvalue weighted by atomic mass is 79.9. The molecular weight excluding hydrogens is 442 g/mol. The molecule has 27 heavy (non-hydrogen) atoms. The standard InChI is InChI=1S/C17H13BrClN3O5/c1-26-14-3-2-8(19)4-9(14)16(24)27-7-15(23)20-11-6-13-12(5-10(11)18)21-17(25)22-13/h2-6H,7H2,1H3,(H,20,23)(H2,21,22,25). The van der Waals surface area contributed by atoms with Crippen molar-refractivity contribution < 1.29 is 19.1 Å². The Kier molecular flexibility index (Phi) is 5.52. The van der Waals surface area contributed by atoms with Gasteiger partial charge in [-0.05, 0) is 46.3 Å². The molecule has 0 atom stereocenters. The van der Waals surface area contributed by atoms with Crippen molar-refractivity contribution in [3.63, 3.8) is 0 Å². The first kappa shape index (κ1) is 19.0. The molecule has 3 rings (SSSR count). The molecule has 0 aliphatic carbocycles. The number of methoxy groups -OCH3 is 1. The van der Waals surface area contributed by atoms with Crippen molar-refractivity contribution in [1.82, 2.24) is 9.97 Å². The normalized spacial score (nSPS) is 10.6. The Morgan fingerprint density at radius 2 is 1.89 bits per heavy atom. The SMILES string of the molecule is COc1ccc(Cl)cc1C(=O)OCC(=O)Nc1cc2[nH]c(=O)[nH]c2cc1Br. The number of ether oxygens (including phenoxy) is 2. The van der Waals surface area contributed by atoms with Crippen molar-refractivity contribution >= 4 is 56.1 Å². The fraction of sp³-hybridized carbons (Fsp3) is 0.118. The molecule has 0 spiro atoms. The van der Waals surface area contributed by atoms with Crippen molar-refractivity contribution in [2.75, 3.05) is 19.0 Å². The number of amides is 1. The Hall–Kier alpha value is -2.78. The minimum atomic E-state index is -0.742. The number of anilines is 1. The Morgan fingerprint density at radius 1 is 1.19 bits per heavy atom. The van der Waals surface area contributed by atoms with Crippen LogP contribution >= 0.6 is 27.5 Å². The van der Waals surface area contributed by atoms with Crippen LogP contribution in [-0.4, -0.2) is 35.6 Å². The number of hydrogen-bond donors (Lipinski definition) is 3. The van der Waals surface area contributed by atoms with Crippen LogP contribution in [0.3, 0.4) is 0 Å². The number of hydrogen-bond acceptors (Lipinski definition) is 5. The number of esters is 1. The van der Waals surface area contributed by atoms with E-state index in [1.54, 1.807) is 18.2 Å². The van der Waals surface area contributed by atoms with Crippen LogP contribution in [0.15, 0.2) is 39.6 Å². The molecule has 0 radical (unpaired) electrons. The van der Waals surface area contributed by atoms with Gasteiger partial charge in [-0.2, -0.15) is 0 Å². The van der Waals surface area contributed by atoms with Crippen LogP contribution in [0.25, 0.3) is 11.0 Å². The van der Waals surface area contributed by atoms with Crippen LogP contribution in [-0.2, 0) is 9.53 Å². The van der Waals surface area contributed by atoms with E-state index in [4.69, 9.17) is 21.1 Å². The van der Waals surface area contributed by atoms with Gasteiger partial charge in [-0.1, -0.05) is 11.6 Å². The first-order valence-electron chi connectivity index (χ1n) is 7.59. The Bertz CT molecular complexity index is 1090. The highest BCUT2D eigenvalue weighted by Gasteiger charge is 2.17. The summed E-state index contributed by atoms with van der Waals surface area (Å²) in [5.41, 5.74) is 1.29. The molecule has 2 aromatic carbocycles. The number of H-pyrrole nitrogens is 2. The fourth-order valence-electron chi connectivity index (χ4n) is 2.39. The van der Waals surface area contributed by atoms with Crippen LogP contribution in [0.1, 0.15) is 10.4 Å². The lowest BCUT2D eigenvalue weighted by Gasteiger charge is -2.10. The zero-order chi connectivity index (χ0) is 19.6. The molecule has 0 bridgehead atoms. The summed E-state index contributed by atoms with van der Waals surface area (Å²) in [5, 5.41) is 2.94. The quantitative estimate of drug-likeness (QED) is 0.513. The van der Waals surface area contributed by atoms with E-state index in [2.05, 4.69) is 31.2 Å². The van der Waals surface area contributed by atoms with Crippen LogP contribution in [0, 0.1) is 0 Å². The highest BCUT2D eigenvalue weighted by molar-refractivity contribution is 9.10. The van der Waals surface area contributed by atoms with Gasteiger partial charge in [0.25, 0.3) is 5.91 Å². The second-order valence-electron chi connectivity index (χ2n) is 5.43. The molecule has 0 aliphatic heterocycles. The largest absolute Gasteiger partial charge is 0.496 e. The number of halogens is 2. The molecule has 0 unspecified atom stereocenters. The third-order valence-electron chi connectivity index (χ3n) is 3.59. The lowest BCUT2D eigenvalue weighted by Crippen LogP contribution is -2.21. The lowest BCUT2D eigenvalue weighted by atomic mass is 10.2. The number of carbonyl (C=O) groups is 2. The van der Waals surface area contributed by atoms with Gasteiger partial charge in [0.15, 0.2) is 6.61 Å². The van der Waals surface area contributed by atoms with E-state index in [1.165, 1.54) is 19.2 Å². The summed E-state index contributed by atoms with van der Waals surface area (Å²) in [6.07, 6.45) is 0. The summed E-state index contributed by atoms with van der Waals surface area (Å²) >= 11 is 9.19. The number of benzene rings is 2. The second kappa shape index (κ2) is 7.85. The smallest absolute Gasteiger partial charge is 0.342 e. The van der Waals surface area contributed by atoms with Crippen molar-refractivity contribution in [2.45, 2.75) is 0 Å². The molecule has 140 valence electrons. The molecule has 8 nitrogen and oxygen atoms in total. The van der Waals surface area contributed by atoms with E-state index < -0.39 is 18.5 Å². The number of fused-ring (bicyclic) bond motifs is 1. The number of imidazole rings is 1. The van der Waals surface area contributed by atoms with Crippen LogP contribution < -0.4 is 15.7 Å². The third-order valence-corrected chi connectivity index (χ3v) is 4.48. The van der Waals surface area contributed by atoms with Crippen molar-refractivity contribution in [2.24, 2.45) is 0 Å². The second-order valence-corrected chi connectivity index (χ2v) is 6.72. The molecule has 1 heterocycles. The first-order chi connectivity index (χ1) is 12.9. The predicted octanol–water partition coefficient (Wildman–Crippen LogP) is 3.08. The average molecular weight is 455 g/mol. The number of rotatable bonds is 5. The summed E-state index contributed by atoms with van der Waals surface area (Å²) in [5.74, 6) is -1.01. The minimum absolute atomic E-state index is 0.116. The van der Waals surface area contributed by atoms with Gasteiger partial charge < -0.3 is 24.8 Å². The van der Waals surface area contributed by atoms with Crippen LogP contribution in [0.5, 0.6) is 5.75 Å². The maximum absolute atomic E-state index is 12.2. The van der Waals surface area contributed by atoms with Crippen molar-refractivity contribution in [3.05, 3.63) is 55.9 Å². The lowest BCUT2D eigenvalue weighted by molar-refractivity contribution is -0.119. The predicted molar refractivity (Wildman–Crippen MR) is 104 cm³/mol. The molecule has 1 aromatic heterocycles. The van der Waals surface area contributed by atoms with Crippen molar-refractivity contribution in [3.8, 4) is 5.75 Å². The Labute approximate surface area is 165 Å². The Morgan fingerprint density at radius 3 is 2.59 bits per heavy atom. The van der Waals surface area contributed by atoms with E-state index in [1.807, 2.05) is 0 Å². The molecule has 0 saturated carbocycles. The molecule has 0 fully saturated rings. The van der Waals surface area contributed by atoms with Gasteiger partial charge in [0.2, 0.25) is 0 Å². The molecule has 1 amide bonds. The maximum Gasteiger partial charge on any atom is 0.342 e. The van der Waals surface area contributed by atoms with Gasteiger partial charge >= 0.3 is 11.7 Å². The average Bonchev–Trinajstić information content (AvgIpc) is 2.98. The molecule has 0 saturated heterocycles. The van der Waals surface area contributed by atoms with Gasteiger partial charge in [-0.25, -0.2) is 9.59 Å². The number of nitrogens with one attached hydrogen (secondary N) is 3. The number of carbonyl (C=O) groups excluding carboxylic acids is 2. The van der Waals surface area contributed by atoms with E-state index >= 15 is 0 Å². The summed E-state index contributed by atoms with van der Waals surface area (Å²) < 4.78 is 10.7. The molecule has 0 aliphatic rings. The van der Waals surface area contributed by atoms with Gasteiger partial charge in [0, 0.05) is 9.50 Å². The highest BCUT2D eigenvalue weighted by Crippen LogP contribution is 2.26. The molecule has 3 N–H and O–H groups in total. The molecule has 3 aromatic rings. The molecular formula is C17H13BrClN3O5. The third kappa shape index (κ3) is 4.32. The Balaban J connectivity index is 1.68. The van der Waals surface area contributed by atoms with E-state index in [0.717, 1.165) is 0 Å². The minimum Gasteiger partial charge on any atom is -0.496 e. The monoisotopic (exact) mass is 453 g/mol. The van der Waals surface area contributed by atoms with Crippen LogP contribution in [0.2, 0.25) is 5.02 Å². The number of aromatic nitrogens is 2. The van der Waals surface area contributed by atoms with E-state index in [-0.39, 0.29) is 17.0 Å². The van der Waals surface area contributed by atoms with Gasteiger partial charge in [0.05, 0.1) is 23.8 Å². The summed E-state index contributed by atoms with van der Waals surface area (Å²) in [7, 11) is 1.41. The topological polar surface area (TPSA) is 113 Å². The van der Waals surface area contributed by atoms with Crippen molar-refractivity contribution in [1.29, 1.82) is 0 Å². The van der Waals surface area contributed by atoms with E-state index in [9.17, 15) is 14.4 Å². The molecule has 10 heteroatoms. The summed E-state index contributed by atoms with van der Waals surface area (Å²) in [6.45, 7) is -0.511. The summed E-state index contributed by atoms with van der Waals surface area (Å²) in [4.78, 5) is 40.8. The zero-order valence-corrected chi connectivity index (χ0v) is 16.2. The van der Waals surface area contributed by atoms with Gasteiger partial charge in [0.1, 0.15) is 11.3 Å². The van der Waals surface area contributed by atoms with Gasteiger partial charge in [-0.15, -0.1) is 0 Å². The first-order valence-corrected chi connectivity index (χ1v) is 8.76. The zero-order valence-electron chi connectivity index (χ0n) is 13.9. The van der Waals surface area contributed by atoms with Crippen LogP contribution in [0.4, 0.5) is 5.69 Å². The fourth-order valence-corrected chi connectivity index (χ4v) is 3.00. The number of aromatic amines is 2. The van der Waals surface area contributed by atoms with E-state index in [0.29, 0.717) is 26.2 Å².